The highest BCUT2D eigenvalue weighted by Gasteiger charge is 2.11. The Balaban J connectivity index is 1.98. The maximum absolute atomic E-state index is 9.09. The van der Waals surface area contributed by atoms with Crippen molar-refractivity contribution in [2.75, 3.05) is 5.73 Å². The van der Waals surface area contributed by atoms with Gasteiger partial charge in [0.25, 0.3) is 0 Å². The van der Waals surface area contributed by atoms with Gasteiger partial charge in [0, 0.05) is 24.7 Å². The highest BCUT2D eigenvalue weighted by atomic mass is 16.3. The fraction of sp³-hybridized carbons (Fsp3) is 0.143. The average Bonchev–Trinajstić information content (AvgIpc) is 3.03. The van der Waals surface area contributed by atoms with Crippen molar-refractivity contribution in [2.45, 2.75) is 12.8 Å². The molecule has 3 heterocycles. The average molecular weight is 252 g/mol. The van der Waals surface area contributed by atoms with E-state index in [2.05, 4.69) is 11.1 Å². The Hall–Kier alpha value is -2.74. The van der Waals surface area contributed by atoms with Crippen LogP contribution in [-0.2, 0) is 12.8 Å². The van der Waals surface area contributed by atoms with E-state index in [1.165, 1.54) is 0 Å². The summed E-state index contributed by atoms with van der Waals surface area (Å²) < 4.78 is 7.17. The fourth-order valence-corrected chi connectivity index (χ4v) is 2.11. The van der Waals surface area contributed by atoms with Crippen LogP contribution >= 0.6 is 0 Å². The number of fused-ring (bicyclic) bond motifs is 1. The molecule has 0 aliphatic heterocycles. The minimum atomic E-state index is 0.425. The summed E-state index contributed by atoms with van der Waals surface area (Å²) in [5.74, 6) is 1.72. The Morgan fingerprint density at radius 2 is 2.21 bits per heavy atom. The lowest BCUT2D eigenvalue weighted by molar-refractivity contribution is 0.506. The molecule has 0 saturated heterocycles. The molecule has 0 amide bonds. The van der Waals surface area contributed by atoms with Gasteiger partial charge >= 0.3 is 0 Å². The zero-order valence-electron chi connectivity index (χ0n) is 10.2. The molecule has 3 aromatic rings. The summed E-state index contributed by atoms with van der Waals surface area (Å²) in [4.78, 5) is 4.35. The predicted molar refractivity (Wildman–Crippen MR) is 70.4 cm³/mol. The number of anilines is 1. The van der Waals surface area contributed by atoms with Crippen molar-refractivity contribution in [2.24, 2.45) is 0 Å². The standard InChI is InChI=1S/C14H12N4O/c15-8-12-13-5-3-10(16)9-18(13)14(17-12)6-4-11-2-1-7-19-11/h1-3,5,7,9H,4,6,16H2. The van der Waals surface area contributed by atoms with E-state index >= 15 is 0 Å². The Bertz CT molecular complexity index is 750. The topological polar surface area (TPSA) is 80.2 Å². The van der Waals surface area contributed by atoms with Crippen molar-refractivity contribution in [1.29, 1.82) is 5.26 Å². The highest BCUT2D eigenvalue weighted by molar-refractivity contribution is 5.61. The second kappa shape index (κ2) is 4.50. The van der Waals surface area contributed by atoms with Gasteiger partial charge in [0.05, 0.1) is 11.8 Å². The van der Waals surface area contributed by atoms with Crippen molar-refractivity contribution < 1.29 is 4.42 Å². The summed E-state index contributed by atoms with van der Waals surface area (Å²) >= 11 is 0. The van der Waals surface area contributed by atoms with E-state index in [1.807, 2.05) is 22.6 Å². The van der Waals surface area contributed by atoms with Crippen LogP contribution in [0, 0.1) is 11.3 Å². The van der Waals surface area contributed by atoms with E-state index in [0.29, 0.717) is 17.8 Å². The first-order valence-electron chi connectivity index (χ1n) is 5.97. The molecule has 19 heavy (non-hydrogen) atoms. The molecule has 5 nitrogen and oxygen atoms in total. The van der Waals surface area contributed by atoms with Crippen molar-refractivity contribution in [3.05, 3.63) is 54.0 Å². The van der Waals surface area contributed by atoms with Crippen LogP contribution in [0.3, 0.4) is 0 Å². The zero-order chi connectivity index (χ0) is 13.2. The van der Waals surface area contributed by atoms with Crippen LogP contribution in [0.15, 0.2) is 41.1 Å². The number of rotatable bonds is 3. The van der Waals surface area contributed by atoms with Crippen LogP contribution in [0.4, 0.5) is 5.69 Å². The molecule has 0 saturated carbocycles. The number of nitriles is 1. The minimum absolute atomic E-state index is 0.425. The van der Waals surface area contributed by atoms with Crippen LogP contribution in [0.2, 0.25) is 0 Å². The summed E-state index contributed by atoms with van der Waals surface area (Å²) in [6, 6.07) is 9.48. The van der Waals surface area contributed by atoms with Gasteiger partial charge in [0.15, 0.2) is 5.69 Å². The van der Waals surface area contributed by atoms with E-state index in [4.69, 9.17) is 15.4 Å². The Morgan fingerprint density at radius 1 is 1.32 bits per heavy atom. The molecular weight excluding hydrogens is 240 g/mol. The van der Waals surface area contributed by atoms with Gasteiger partial charge in [-0.1, -0.05) is 0 Å². The second-order valence-corrected chi connectivity index (χ2v) is 4.29. The lowest BCUT2D eigenvalue weighted by Gasteiger charge is -2.01. The number of hydrogen-bond acceptors (Lipinski definition) is 4. The van der Waals surface area contributed by atoms with E-state index in [-0.39, 0.29) is 0 Å². The van der Waals surface area contributed by atoms with Crippen LogP contribution in [0.1, 0.15) is 17.3 Å². The number of pyridine rings is 1. The van der Waals surface area contributed by atoms with Gasteiger partial charge in [0.1, 0.15) is 17.7 Å². The van der Waals surface area contributed by atoms with Gasteiger partial charge < -0.3 is 14.6 Å². The number of nitrogens with zero attached hydrogens (tertiary/aromatic N) is 3. The smallest absolute Gasteiger partial charge is 0.166 e. The van der Waals surface area contributed by atoms with Crippen molar-refractivity contribution in [3.8, 4) is 6.07 Å². The molecule has 0 unspecified atom stereocenters. The zero-order valence-corrected chi connectivity index (χ0v) is 10.2. The van der Waals surface area contributed by atoms with Gasteiger partial charge in [-0.15, -0.1) is 0 Å². The number of hydrogen-bond donors (Lipinski definition) is 1. The molecule has 0 aliphatic rings. The third kappa shape index (κ3) is 2.04. The number of imidazole rings is 1. The summed E-state index contributed by atoms with van der Waals surface area (Å²) in [6.07, 6.45) is 4.88. The minimum Gasteiger partial charge on any atom is -0.469 e. The Labute approximate surface area is 109 Å². The number of nitrogen functional groups attached to an aromatic ring is 1. The van der Waals surface area contributed by atoms with Gasteiger partial charge in [-0.3, -0.25) is 0 Å². The van der Waals surface area contributed by atoms with E-state index in [0.717, 1.165) is 23.5 Å². The summed E-state index contributed by atoms with van der Waals surface area (Å²) in [7, 11) is 0. The summed E-state index contributed by atoms with van der Waals surface area (Å²) in [5.41, 5.74) is 7.64. The number of aryl methyl sites for hydroxylation is 2. The third-order valence-corrected chi connectivity index (χ3v) is 3.01. The van der Waals surface area contributed by atoms with Crippen LogP contribution in [0.5, 0.6) is 0 Å². The van der Waals surface area contributed by atoms with Crippen molar-refractivity contribution in [3.63, 3.8) is 0 Å². The molecule has 0 atom stereocenters. The molecule has 3 rings (SSSR count). The summed E-state index contributed by atoms with van der Waals surface area (Å²) in [6.45, 7) is 0. The first kappa shape index (κ1) is 11.4. The maximum atomic E-state index is 9.09. The fourth-order valence-electron chi connectivity index (χ4n) is 2.11. The van der Waals surface area contributed by atoms with Crippen LogP contribution in [0.25, 0.3) is 5.52 Å². The molecule has 2 N–H and O–H groups in total. The van der Waals surface area contributed by atoms with Crippen LogP contribution < -0.4 is 5.73 Å². The highest BCUT2D eigenvalue weighted by Crippen LogP contribution is 2.16. The number of nitrogens with two attached hydrogens (primary N) is 1. The SMILES string of the molecule is N#Cc1nc(CCc2ccco2)n2cc(N)ccc12. The molecule has 0 radical (unpaired) electrons. The van der Waals surface area contributed by atoms with Crippen molar-refractivity contribution in [1.82, 2.24) is 9.38 Å². The molecule has 0 aromatic carbocycles. The lowest BCUT2D eigenvalue weighted by Crippen LogP contribution is -1.98. The van der Waals surface area contributed by atoms with Crippen molar-refractivity contribution >= 4 is 11.2 Å². The Kier molecular flexibility index (Phi) is 2.69. The molecule has 0 spiro atoms. The van der Waals surface area contributed by atoms with E-state index in [9.17, 15) is 0 Å². The molecule has 5 heteroatoms. The molecule has 3 aromatic heterocycles. The van der Waals surface area contributed by atoms with E-state index < -0.39 is 0 Å². The number of aromatic nitrogens is 2. The molecular formula is C14H12N4O. The maximum Gasteiger partial charge on any atom is 0.166 e. The lowest BCUT2D eigenvalue weighted by atomic mass is 10.2. The third-order valence-electron chi connectivity index (χ3n) is 3.01. The van der Waals surface area contributed by atoms with E-state index in [1.54, 1.807) is 18.5 Å². The number of furan rings is 1. The Morgan fingerprint density at radius 3 is 2.95 bits per heavy atom. The second-order valence-electron chi connectivity index (χ2n) is 4.29. The quantitative estimate of drug-likeness (QED) is 0.774. The van der Waals surface area contributed by atoms with Gasteiger partial charge in [0.2, 0.25) is 0 Å². The normalized spacial score (nSPS) is 10.7. The molecule has 0 bridgehead atoms. The first-order valence-corrected chi connectivity index (χ1v) is 5.97. The largest absolute Gasteiger partial charge is 0.469 e. The monoisotopic (exact) mass is 252 g/mol. The van der Waals surface area contributed by atoms with Gasteiger partial charge in [-0.2, -0.15) is 5.26 Å². The molecule has 0 fully saturated rings. The predicted octanol–water partition coefficient (Wildman–Crippen LogP) is 2.17. The molecule has 94 valence electrons. The van der Waals surface area contributed by atoms with Gasteiger partial charge in [-0.05, 0) is 24.3 Å². The molecule has 0 aliphatic carbocycles. The first-order chi connectivity index (χ1) is 9.28. The van der Waals surface area contributed by atoms with Crippen LogP contribution in [-0.4, -0.2) is 9.38 Å². The van der Waals surface area contributed by atoms with Gasteiger partial charge in [-0.25, -0.2) is 4.98 Å². The summed E-state index contributed by atoms with van der Waals surface area (Å²) in [5, 5.41) is 9.09.